The van der Waals surface area contributed by atoms with E-state index in [1.165, 1.54) is 18.2 Å². The molecule has 0 heterocycles. The number of aromatic carboxylic acids is 1. The van der Waals surface area contributed by atoms with Crippen LogP contribution in [0.5, 0.6) is 0 Å². The number of carbonyl (C=O) groups excluding carboxylic acids is 1. The predicted molar refractivity (Wildman–Crippen MR) is 66.9 cm³/mol. The second-order valence-corrected chi connectivity index (χ2v) is 4.75. The molecule has 19 heavy (non-hydrogen) atoms. The summed E-state index contributed by atoms with van der Waals surface area (Å²) >= 11 is 0. The molecule has 5 heteroatoms. The van der Waals surface area contributed by atoms with Crippen molar-refractivity contribution in [2.45, 2.75) is 37.9 Å². The molecular formula is C14H16O5. The van der Waals surface area contributed by atoms with E-state index in [1.54, 1.807) is 6.07 Å². The minimum absolute atomic E-state index is 0.0333. The van der Waals surface area contributed by atoms with Gasteiger partial charge in [0, 0.05) is 12.8 Å². The third kappa shape index (κ3) is 3.12. The van der Waals surface area contributed by atoms with Gasteiger partial charge in [0.15, 0.2) is 0 Å². The number of ether oxygens (including phenoxy) is 1. The van der Waals surface area contributed by atoms with Crippen molar-refractivity contribution in [3.05, 3.63) is 35.4 Å². The summed E-state index contributed by atoms with van der Waals surface area (Å²) in [6.45, 7) is 0. The van der Waals surface area contributed by atoms with Crippen molar-refractivity contribution in [1.82, 2.24) is 0 Å². The van der Waals surface area contributed by atoms with Crippen molar-refractivity contribution in [3.63, 3.8) is 0 Å². The Kier molecular flexibility index (Phi) is 3.85. The van der Waals surface area contributed by atoms with Gasteiger partial charge in [-0.05, 0) is 25.0 Å². The van der Waals surface area contributed by atoms with Crippen molar-refractivity contribution >= 4 is 11.9 Å². The Bertz CT molecular complexity index is 488. The number of hydrogen-bond donors (Lipinski definition) is 2. The van der Waals surface area contributed by atoms with Gasteiger partial charge in [-0.25, -0.2) is 9.59 Å². The molecule has 0 bridgehead atoms. The van der Waals surface area contributed by atoms with Gasteiger partial charge >= 0.3 is 11.9 Å². The lowest BCUT2D eigenvalue weighted by Gasteiger charge is -2.31. The molecule has 1 aromatic rings. The topological polar surface area (TPSA) is 83.8 Å². The van der Waals surface area contributed by atoms with Crippen LogP contribution in [-0.2, 0) is 4.74 Å². The van der Waals surface area contributed by atoms with Gasteiger partial charge in [0.25, 0.3) is 0 Å². The molecule has 0 unspecified atom stereocenters. The van der Waals surface area contributed by atoms with Gasteiger partial charge in [0.1, 0.15) is 0 Å². The lowest BCUT2D eigenvalue weighted by molar-refractivity contribution is -0.183. The van der Waals surface area contributed by atoms with E-state index in [0.29, 0.717) is 12.8 Å². The van der Waals surface area contributed by atoms with E-state index >= 15 is 0 Å². The Morgan fingerprint density at radius 3 is 2.21 bits per heavy atom. The summed E-state index contributed by atoms with van der Waals surface area (Å²) in [6.07, 6.45) is 3.39. The normalized spacial score (nSPS) is 17.7. The zero-order valence-corrected chi connectivity index (χ0v) is 10.5. The fourth-order valence-corrected chi connectivity index (χ4v) is 2.28. The van der Waals surface area contributed by atoms with Crippen LogP contribution in [0.25, 0.3) is 0 Å². The van der Waals surface area contributed by atoms with Crippen molar-refractivity contribution < 1.29 is 24.5 Å². The van der Waals surface area contributed by atoms with Gasteiger partial charge in [-0.3, -0.25) is 0 Å². The van der Waals surface area contributed by atoms with E-state index < -0.39 is 17.7 Å². The van der Waals surface area contributed by atoms with Crippen LogP contribution in [-0.4, -0.2) is 27.9 Å². The molecule has 0 spiro atoms. The van der Waals surface area contributed by atoms with Gasteiger partial charge in [-0.2, -0.15) is 0 Å². The first-order chi connectivity index (χ1) is 9.02. The molecule has 1 aliphatic carbocycles. The highest BCUT2D eigenvalue weighted by atomic mass is 16.7. The monoisotopic (exact) mass is 264 g/mol. The fraction of sp³-hybridized carbons (Fsp3) is 0.429. The lowest BCUT2D eigenvalue weighted by atomic mass is 9.94. The van der Waals surface area contributed by atoms with E-state index in [0.717, 1.165) is 19.3 Å². The number of carboxylic acid groups (broad SMARTS) is 1. The van der Waals surface area contributed by atoms with E-state index in [1.807, 2.05) is 0 Å². The molecule has 1 saturated carbocycles. The number of carbonyl (C=O) groups is 2. The van der Waals surface area contributed by atoms with Crippen molar-refractivity contribution in [1.29, 1.82) is 0 Å². The van der Waals surface area contributed by atoms with Crippen LogP contribution in [0.3, 0.4) is 0 Å². The summed E-state index contributed by atoms with van der Waals surface area (Å²) in [5, 5.41) is 19.2. The summed E-state index contributed by atoms with van der Waals surface area (Å²) < 4.78 is 5.11. The van der Waals surface area contributed by atoms with Gasteiger partial charge in [0.05, 0.1) is 11.1 Å². The fourth-order valence-electron chi connectivity index (χ4n) is 2.28. The quantitative estimate of drug-likeness (QED) is 0.645. The van der Waals surface area contributed by atoms with Crippen LogP contribution < -0.4 is 0 Å². The molecule has 2 rings (SSSR count). The average Bonchev–Trinajstić information content (AvgIpc) is 2.39. The van der Waals surface area contributed by atoms with Crippen molar-refractivity contribution in [2.75, 3.05) is 0 Å². The molecule has 1 fully saturated rings. The first kappa shape index (κ1) is 13.5. The third-order valence-electron chi connectivity index (χ3n) is 3.29. The molecule has 1 aromatic carbocycles. The third-order valence-corrected chi connectivity index (χ3v) is 3.29. The Morgan fingerprint density at radius 2 is 1.63 bits per heavy atom. The van der Waals surface area contributed by atoms with Crippen LogP contribution >= 0.6 is 0 Å². The Balaban J connectivity index is 2.18. The largest absolute Gasteiger partial charge is 0.478 e. The molecule has 0 aromatic heterocycles. The minimum atomic E-state index is -1.46. The Labute approximate surface area is 110 Å². The van der Waals surface area contributed by atoms with Gasteiger partial charge in [-0.1, -0.05) is 18.6 Å². The molecule has 0 saturated heterocycles. The first-order valence-corrected chi connectivity index (χ1v) is 6.30. The summed E-state index contributed by atoms with van der Waals surface area (Å²) in [4.78, 5) is 23.0. The maximum Gasteiger partial charge on any atom is 0.341 e. The highest BCUT2D eigenvalue weighted by Crippen LogP contribution is 2.30. The Morgan fingerprint density at radius 1 is 1.05 bits per heavy atom. The molecule has 102 valence electrons. The van der Waals surface area contributed by atoms with Crippen molar-refractivity contribution in [2.24, 2.45) is 0 Å². The Hall–Kier alpha value is -1.88. The SMILES string of the molecule is O=C(O)c1ccccc1C(=O)OC1(O)CCCCC1. The van der Waals surface area contributed by atoms with Crippen molar-refractivity contribution in [3.8, 4) is 0 Å². The summed E-state index contributed by atoms with van der Waals surface area (Å²) in [5.41, 5.74) is -0.152. The molecule has 5 nitrogen and oxygen atoms in total. The van der Waals surface area contributed by atoms with Gasteiger partial charge in [0.2, 0.25) is 5.79 Å². The van der Waals surface area contributed by atoms with Crippen LogP contribution in [0.2, 0.25) is 0 Å². The van der Waals surface area contributed by atoms with Crippen LogP contribution in [0.4, 0.5) is 0 Å². The molecule has 0 atom stereocenters. The molecule has 2 N–H and O–H groups in total. The van der Waals surface area contributed by atoms with Gasteiger partial charge < -0.3 is 14.9 Å². The highest BCUT2D eigenvalue weighted by Gasteiger charge is 2.34. The molecule has 0 amide bonds. The van der Waals surface area contributed by atoms with Crippen LogP contribution in [0, 0.1) is 0 Å². The maximum atomic E-state index is 12.0. The minimum Gasteiger partial charge on any atom is -0.478 e. The molecular weight excluding hydrogens is 248 g/mol. The van der Waals surface area contributed by atoms with Crippen LogP contribution in [0.1, 0.15) is 52.8 Å². The number of hydrogen-bond acceptors (Lipinski definition) is 4. The second-order valence-electron chi connectivity index (χ2n) is 4.75. The van der Waals surface area contributed by atoms with Crippen LogP contribution in [0.15, 0.2) is 24.3 Å². The standard InChI is InChI=1S/C14H16O5/c15-12(16)10-6-2-3-7-11(10)13(17)19-14(18)8-4-1-5-9-14/h2-3,6-7,18H,1,4-5,8-9H2,(H,15,16). The predicted octanol–water partition coefficient (Wildman–Crippen LogP) is 2.19. The number of benzene rings is 1. The molecule has 1 aliphatic rings. The second kappa shape index (κ2) is 5.40. The number of carboxylic acids is 1. The molecule has 0 radical (unpaired) electrons. The van der Waals surface area contributed by atoms with E-state index in [2.05, 4.69) is 0 Å². The lowest BCUT2D eigenvalue weighted by Crippen LogP contribution is -2.37. The summed E-state index contributed by atoms with van der Waals surface area (Å²) in [5.74, 6) is -3.44. The summed E-state index contributed by atoms with van der Waals surface area (Å²) in [7, 11) is 0. The average molecular weight is 264 g/mol. The molecule has 0 aliphatic heterocycles. The zero-order valence-electron chi connectivity index (χ0n) is 10.5. The number of esters is 1. The maximum absolute atomic E-state index is 12.0. The van der Waals surface area contributed by atoms with E-state index in [9.17, 15) is 14.7 Å². The highest BCUT2D eigenvalue weighted by molar-refractivity contribution is 6.02. The zero-order chi connectivity index (χ0) is 13.9. The van der Waals surface area contributed by atoms with E-state index in [4.69, 9.17) is 9.84 Å². The summed E-state index contributed by atoms with van der Waals surface area (Å²) in [6, 6.07) is 5.82. The smallest absolute Gasteiger partial charge is 0.341 e. The van der Waals surface area contributed by atoms with E-state index in [-0.39, 0.29) is 11.1 Å². The number of rotatable bonds is 3. The number of aliphatic hydroxyl groups is 1. The first-order valence-electron chi connectivity index (χ1n) is 6.30. The van der Waals surface area contributed by atoms with Gasteiger partial charge in [-0.15, -0.1) is 0 Å².